The maximum Gasteiger partial charge on any atom is 0.253 e. The van der Waals surface area contributed by atoms with Crippen molar-refractivity contribution in [2.75, 3.05) is 25.1 Å². The Balaban J connectivity index is 2.03. The first-order valence-corrected chi connectivity index (χ1v) is 7.51. The van der Waals surface area contributed by atoms with Crippen molar-refractivity contribution >= 4 is 17.7 Å². The van der Waals surface area contributed by atoms with Crippen LogP contribution in [0.15, 0.2) is 24.3 Å². The van der Waals surface area contributed by atoms with E-state index in [2.05, 4.69) is 0 Å². The fourth-order valence-corrected chi connectivity index (χ4v) is 3.45. The highest BCUT2D eigenvalue weighted by molar-refractivity contribution is 7.99. The Kier molecular flexibility index (Phi) is 4.66. The summed E-state index contributed by atoms with van der Waals surface area (Å²) < 4.78 is 0. The number of nitrogens with two attached hydrogens (primary N) is 1. The van der Waals surface area contributed by atoms with Gasteiger partial charge in [0.05, 0.1) is 0 Å². The van der Waals surface area contributed by atoms with Crippen LogP contribution < -0.4 is 5.73 Å². The molecule has 1 aliphatic heterocycles. The number of thioether (sulfide) groups is 1. The summed E-state index contributed by atoms with van der Waals surface area (Å²) in [5.41, 5.74) is 7.47. The third-order valence-corrected chi connectivity index (χ3v) is 4.55. The number of rotatable bonds is 4. The van der Waals surface area contributed by atoms with E-state index in [1.54, 1.807) is 0 Å². The highest BCUT2D eigenvalue weighted by Crippen LogP contribution is 2.22. The summed E-state index contributed by atoms with van der Waals surface area (Å²) in [5, 5.41) is 0. The Morgan fingerprint density at radius 2 is 2.17 bits per heavy atom. The molecule has 1 aromatic rings. The average Bonchev–Trinajstić information content (AvgIpc) is 2.92. The largest absolute Gasteiger partial charge is 0.338 e. The molecule has 0 radical (unpaired) electrons. The summed E-state index contributed by atoms with van der Waals surface area (Å²) in [7, 11) is 1.91. The molecule has 1 heterocycles. The van der Waals surface area contributed by atoms with E-state index in [4.69, 9.17) is 5.73 Å². The molecule has 1 unspecified atom stereocenters. The highest BCUT2D eigenvalue weighted by atomic mass is 32.2. The van der Waals surface area contributed by atoms with Gasteiger partial charge in [0, 0.05) is 24.4 Å². The van der Waals surface area contributed by atoms with E-state index < -0.39 is 0 Å². The minimum absolute atomic E-state index is 0.127. The monoisotopic (exact) mass is 264 g/mol. The second-order valence-electron chi connectivity index (χ2n) is 4.67. The van der Waals surface area contributed by atoms with Crippen molar-refractivity contribution in [2.45, 2.75) is 18.9 Å². The van der Waals surface area contributed by atoms with Gasteiger partial charge in [0.1, 0.15) is 0 Å². The van der Waals surface area contributed by atoms with Crippen LogP contribution in [-0.4, -0.2) is 41.9 Å². The highest BCUT2D eigenvalue weighted by Gasteiger charge is 2.24. The number of carbonyl (C=O) groups is 1. The van der Waals surface area contributed by atoms with Crippen molar-refractivity contribution in [1.29, 1.82) is 0 Å². The molecule has 1 amide bonds. The Hall–Kier alpha value is -1.00. The SMILES string of the molecule is CN(C(=O)c1ccc(CCN)cc1)C1CCSC1. The summed E-state index contributed by atoms with van der Waals surface area (Å²) in [5.74, 6) is 2.35. The molecule has 1 aromatic carbocycles. The molecule has 1 saturated heterocycles. The molecule has 1 fully saturated rings. The first-order valence-electron chi connectivity index (χ1n) is 6.36. The summed E-state index contributed by atoms with van der Waals surface area (Å²) in [4.78, 5) is 14.2. The lowest BCUT2D eigenvalue weighted by atomic mass is 10.1. The Morgan fingerprint density at radius 1 is 1.44 bits per heavy atom. The average molecular weight is 264 g/mol. The van der Waals surface area contributed by atoms with Gasteiger partial charge in [0.2, 0.25) is 0 Å². The lowest BCUT2D eigenvalue weighted by Crippen LogP contribution is -2.36. The first kappa shape index (κ1) is 13.4. The summed E-state index contributed by atoms with van der Waals surface area (Å²) in [6, 6.07) is 8.21. The number of nitrogens with zero attached hydrogens (tertiary/aromatic N) is 1. The van der Waals surface area contributed by atoms with Crippen LogP contribution in [0, 0.1) is 0 Å². The van der Waals surface area contributed by atoms with Crippen molar-refractivity contribution in [1.82, 2.24) is 4.90 Å². The number of amides is 1. The van der Waals surface area contributed by atoms with Gasteiger partial charge in [-0.3, -0.25) is 4.79 Å². The second-order valence-corrected chi connectivity index (χ2v) is 5.82. The molecule has 0 aliphatic carbocycles. The van der Waals surface area contributed by atoms with E-state index in [1.807, 2.05) is 48.0 Å². The number of hydrogen-bond acceptors (Lipinski definition) is 3. The maximum absolute atomic E-state index is 12.3. The van der Waals surface area contributed by atoms with Gasteiger partial charge in [-0.15, -0.1) is 0 Å². The van der Waals surface area contributed by atoms with Crippen molar-refractivity contribution < 1.29 is 4.79 Å². The normalized spacial score (nSPS) is 18.9. The fraction of sp³-hybridized carbons (Fsp3) is 0.500. The second kappa shape index (κ2) is 6.25. The minimum Gasteiger partial charge on any atom is -0.338 e. The van der Waals surface area contributed by atoms with Gasteiger partial charge in [-0.25, -0.2) is 0 Å². The molecule has 0 aromatic heterocycles. The number of hydrogen-bond donors (Lipinski definition) is 1. The molecular formula is C14H20N2OS. The smallest absolute Gasteiger partial charge is 0.253 e. The van der Waals surface area contributed by atoms with Gasteiger partial charge in [-0.2, -0.15) is 11.8 Å². The van der Waals surface area contributed by atoms with E-state index in [1.165, 1.54) is 5.56 Å². The van der Waals surface area contributed by atoms with E-state index in [0.717, 1.165) is 29.9 Å². The molecule has 0 bridgehead atoms. The van der Waals surface area contributed by atoms with E-state index in [9.17, 15) is 4.79 Å². The standard InChI is InChI=1S/C14H20N2OS/c1-16(13-7-9-18-10-13)14(17)12-4-2-11(3-5-12)6-8-15/h2-5,13H,6-10,15H2,1H3. The minimum atomic E-state index is 0.127. The molecule has 2 rings (SSSR count). The van der Waals surface area contributed by atoms with Crippen LogP contribution >= 0.6 is 11.8 Å². The predicted molar refractivity (Wildman–Crippen MR) is 77.0 cm³/mol. The van der Waals surface area contributed by atoms with Gasteiger partial charge in [-0.05, 0) is 42.8 Å². The van der Waals surface area contributed by atoms with E-state index in [0.29, 0.717) is 12.6 Å². The molecule has 1 atom stereocenters. The third kappa shape index (κ3) is 3.06. The van der Waals surface area contributed by atoms with E-state index in [-0.39, 0.29) is 5.91 Å². The Morgan fingerprint density at radius 3 is 2.72 bits per heavy atom. The van der Waals surface area contributed by atoms with Crippen molar-refractivity contribution in [3.05, 3.63) is 35.4 Å². The molecule has 1 aliphatic rings. The van der Waals surface area contributed by atoms with Crippen LogP contribution in [0.3, 0.4) is 0 Å². The predicted octanol–water partition coefficient (Wildman–Crippen LogP) is 1.77. The summed E-state index contributed by atoms with van der Waals surface area (Å²) in [6.07, 6.45) is 1.97. The molecule has 0 saturated carbocycles. The van der Waals surface area contributed by atoms with Gasteiger partial charge in [-0.1, -0.05) is 12.1 Å². The quantitative estimate of drug-likeness (QED) is 0.901. The molecular weight excluding hydrogens is 244 g/mol. The lowest BCUT2D eigenvalue weighted by molar-refractivity contribution is 0.0748. The topological polar surface area (TPSA) is 46.3 Å². The summed E-state index contributed by atoms with van der Waals surface area (Å²) in [6.45, 7) is 0.645. The van der Waals surface area contributed by atoms with Gasteiger partial charge in [0.15, 0.2) is 0 Å². The molecule has 0 spiro atoms. The lowest BCUT2D eigenvalue weighted by Gasteiger charge is -2.23. The zero-order valence-corrected chi connectivity index (χ0v) is 11.6. The van der Waals surface area contributed by atoms with Crippen LogP contribution in [0.5, 0.6) is 0 Å². The number of carbonyl (C=O) groups excluding carboxylic acids is 1. The number of benzene rings is 1. The van der Waals surface area contributed by atoms with Crippen LogP contribution in [0.25, 0.3) is 0 Å². The zero-order valence-electron chi connectivity index (χ0n) is 10.8. The fourth-order valence-electron chi connectivity index (χ4n) is 2.18. The molecule has 2 N–H and O–H groups in total. The molecule has 3 nitrogen and oxygen atoms in total. The first-order chi connectivity index (χ1) is 8.72. The van der Waals surface area contributed by atoms with Crippen LogP contribution in [-0.2, 0) is 6.42 Å². The van der Waals surface area contributed by atoms with Crippen LogP contribution in [0.2, 0.25) is 0 Å². The molecule has 18 heavy (non-hydrogen) atoms. The van der Waals surface area contributed by atoms with Crippen molar-refractivity contribution in [2.24, 2.45) is 5.73 Å². The van der Waals surface area contributed by atoms with Crippen LogP contribution in [0.4, 0.5) is 0 Å². The van der Waals surface area contributed by atoms with Gasteiger partial charge in [0.25, 0.3) is 5.91 Å². The summed E-state index contributed by atoms with van der Waals surface area (Å²) >= 11 is 1.92. The molecule has 98 valence electrons. The Bertz CT molecular complexity index is 399. The Labute approximate surface area is 113 Å². The van der Waals surface area contributed by atoms with Crippen molar-refractivity contribution in [3.8, 4) is 0 Å². The maximum atomic E-state index is 12.3. The van der Waals surface area contributed by atoms with Gasteiger partial charge < -0.3 is 10.6 Å². The van der Waals surface area contributed by atoms with Crippen molar-refractivity contribution in [3.63, 3.8) is 0 Å². The van der Waals surface area contributed by atoms with Crippen LogP contribution in [0.1, 0.15) is 22.3 Å². The zero-order chi connectivity index (χ0) is 13.0. The molecule has 4 heteroatoms. The third-order valence-electron chi connectivity index (χ3n) is 3.41. The van der Waals surface area contributed by atoms with Gasteiger partial charge >= 0.3 is 0 Å². The van der Waals surface area contributed by atoms with E-state index >= 15 is 0 Å².